The Balaban J connectivity index is 1.74. The molecule has 1 atom stereocenters. The molecular weight excluding hydrogens is 452 g/mol. The highest BCUT2D eigenvalue weighted by atomic mass is 32.2. The minimum absolute atomic E-state index is 0.0283. The van der Waals surface area contributed by atoms with Crippen LogP contribution in [0.1, 0.15) is 63.3 Å². The molecule has 0 saturated heterocycles. The van der Waals surface area contributed by atoms with Gasteiger partial charge in [-0.1, -0.05) is 58.2 Å². The van der Waals surface area contributed by atoms with Crippen molar-refractivity contribution in [3.8, 4) is 11.4 Å². The highest BCUT2D eigenvalue weighted by molar-refractivity contribution is 7.99. The number of aromatic nitrogens is 2. The Kier molecular flexibility index (Phi) is 8.15. The summed E-state index contributed by atoms with van der Waals surface area (Å²) >= 11 is 3.31. The lowest BCUT2D eigenvalue weighted by atomic mass is 9.96. The molecule has 4 rings (SSSR count). The van der Waals surface area contributed by atoms with Crippen LogP contribution in [0.3, 0.4) is 0 Å². The Hall–Kier alpha value is -1.83. The second-order valence-electron chi connectivity index (χ2n) is 8.98. The third-order valence-electron chi connectivity index (χ3n) is 6.26. The van der Waals surface area contributed by atoms with Crippen molar-refractivity contribution in [2.75, 3.05) is 12.9 Å². The molecule has 0 saturated carbocycles. The normalized spacial score (nSPS) is 15.8. The Bertz CT molecular complexity index is 1140. The summed E-state index contributed by atoms with van der Waals surface area (Å²) in [5.74, 6) is 2.14. The van der Waals surface area contributed by atoms with Gasteiger partial charge in [0.1, 0.15) is 10.6 Å². The number of rotatable bonds is 10. The van der Waals surface area contributed by atoms with Gasteiger partial charge in [0.15, 0.2) is 5.16 Å². The first-order valence-corrected chi connectivity index (χ1v) is 13.8. The number of methoxy groups -OCH3 is 1. The fraction of sp³-hybridized carbons (Fsp3) is 0.538. The van der Waals surface area contributed by atoms with Crippen LogP contribution in [-0.2, 0) is 17.8 Å². The molecular formula is C26H34N2O3S2. The number of unbranched alkanes of at least 4 members (excludes halogenated alkanes) is 4. The average molecular weight is 487 g/mol. The second kappa shape index (κ2) is 11.1. The first kappa shape index (κ1) is 24.3. The number of hydrogen-bond donors (Lipinski definition) is 0. The Morgan fingerprint density at radius 3 is 2.67 bits per heavy atom. The van der Waals surface area contributed by atoms with E-state index in [0.717, 1.165) is 55.8 Å². The van der Waals surface area contributed by atoms with Gasteiger partial charge in [0.25, 0.3) is 5.56 Å². The fourth-order valence-corrected chi connectivity index (χ4v) is 6.44. The molecule has 1 unspecified atom stereocenters. The van der Waals surface area contributed by atoms with Crippen LogP contribution >= 0.6 is 23.1 Å². The predicted molar refractivity (Wildman–Crippen MR) is 138 cm³/mol. The maximum Gasteiger partial charge on any atom is 0.267 e. The van der Waals surface area contributed by atoms with E-state index in [1.54, 1.807) is 34.8 Å². The molecule has 0 radical (unpaired) electrons. The lowest BCUT2D eigenvalue weighted by Gasteiger charge is -2.26. The summed E-state index contributed by atoms with van der Waals surface area (Å²) in [5.41, 5.74) is 1.99. The minimum Gasteiger partial charge on any atom is -0.497 e. The lowest BCUT2D eigenvalue weighted by molar-refractivity contribution is 0.00200. The van der Waals surface area contributed by atoms with Crippen LogP contribution in [0.2, 0.25) is 0 Å². The van der Waals surface area contributed by atoms with E-state index in [9.17, 15) is 4.79 Å². The average Bonchev–Trinajstić information content (AvgIpc) is 3.19. The van der Waals surface area contributed by atoms with E-state index in [2.05, 4.69) is 20.8 Å². The highest BCUT2D eigenvalue weighted by Crippen LogP contribution is 2.36. The molecule has 0 spiro atoms. The van der Waals surface area contributed by atoms with E-state index in [1.165, 1.54) is 25.7 Å². The molecule has 2 aromatic heterocycles. The summed E-state index contributed by atoms with van der Waals surface area (Å²) in [6, 6.07) is 7.68. The molecule has 0 N–H and O–H groups in total. The van der Waals surface area contributed by atoms with Gasteiger partial charge in [0.2, 0.25) is 0 Å². The highest BCUT2D eigenvalue weighted by Gasteiger charge is 2.28. The first-order valence-electron chi connectivity index (χ1n) is 12.0. The number of hydrogen-bond acceptors (Lipinski definition) is 6. The smallest absolute Gasteiger partial charge is 0.267 e. The van der Waals surface area contributed by atoms with Gasteiger partial charge in [-0.2, -0.15) is 0 Å². The van der Waals surface area contributed by atoms with Crippen LogP contribution in [0.15, 0.2) is 34.2 Å². The zero-order valence-corrected chi connectivity index (χ0v) is 21.7. The molecule has 0 aliphatic carbocycles. The Morgan fingerprint density at radius 2 is 1.97 bits per heavy atom. The quantitative estimate of drug-likeness (QED) is 0.183. The van der Waals surface area contributed by atoms with Crippen molar-refractivity contribution in [2.45, 2.75) is 77.2 Å². The minimum atomic E-state index is 0.0283. The van der Waals surface area contributed by atoms with Crippen molar-refractivity contribution in [2.24, 2.45) is 5.92 Å². The molecule has 5 nitrogen and oxygen atoms in total. The molecule has 3 heterocycles. The zero-order chi connectivity index (χ0) is 23.4. The van der Waals surface area contributed by atoms with Crippen molar-refractivity contribution in [3.05, 3.63) is 45.1 Å². The SMILES string of the molecule is CCCCCCCSc1nc2sc3c(c2c(=O)n1-c1ccc(OC)cc1)CC(C(C)C)OC3. The fourth-order valence-electron chi connectivity index (χ4n) is 4.26. The maximum absolute atomic E-state index is 13.9. The van der Waals surface area contributed by atoms with Gasteiger partial charge in [-0.25, -0.2) is 4.98 Å². The molecule has 3 aromatic rings. The molecule has 178 valence electrons. The number of thioether (sulfide) groups is 1. The van der Waals surface area contributed by atoms with Crippen LogP contribution in [-0.4, -0.2) is 28.5 Å². The second-order valence-corrected chi connectivity index (χ2v) is 11.1. The predicted octanol–water partition coefficient (Wildman–Crippen LogP) is 6.62. The summed E-state index contributed by atoms with van der Waals surface area (Å²) in [4.78, 5) is 20.9. The standard InChI is InChI=1S/C26H34N2O3S2/c1-5-6-7-8-9-14-32-26-27-24-23(20-15-21(17(2)3)31-16-22(20)33-24)25(29)28(26)18-10-12-19(30-4)13-11-18/h10-13,17,21H,5-9,14-16H2,1-4H3. The van der Waals surface area contributed by atoms with E-state index in [4.69, 9.17) is 14.5 Å². The van der Waals surface area contributed by atoms with Gasteiger partial charge in [-0.15, -0.1) is 11.3 Å². The summed E-state index contributed by atoms with van der Waals surface area (Å²) in [5, 5.41) is 1.54. The number of ether oxygens (including phenoxy) is 2. The first-order chi connectivity index (χ1) is 16.0. The van der Waals surface area contributed by atoms with Crippen molar-refractivity contribution >= 4 is 33.3 Å². The van der Waals surface area contributed by atoms with E-state index >= 15 is 0 Å². The van der Waals surface area contributed by atoms with E-state index in [0.29, 0.717) is 12.5 Å². The van der Waals surface area contributed by atoms with Gasteiger partial charge >= 0.3 is 0 Å². The van der Waals surface area contributed by atoms with Crippen LogP contribution in [0.25, 0.3) is 15.9 Å². The molecule has 0 fully saturated rings. The Labute approximate surface area is 204 Å². The van der Waals surface area contributed by atoms with Crippen LogP contribution in [0.4, 0.5) is 0 Å². The molecule has 0 bridgehead atoms. The molecule has 33 heavy (non-hydrogen) atoms. The van der Waals surface area contributed by atoms with Crippen molar-refractivity contribution < 1.29 is 9.47 Å². The van der Waals surface area contributed by atoms with E-state index in [-0.39, 0.29) is 11.7 Å². The van der Waals surface area contributed by atoms with Crippen molar-refractivity contribution in [3.63, 3.8) is 0 Å². The van der Waals surface area contributed by atoms with Gasteiger partial charge in [-0.05, 0) is 42.2 Å². The topological polar surface area (TPSA) is 53.4 Å². The lowest BCUT2D eigenvalue weighted by Crippen LogP contribution is -2.28. The molecule has 1 aromatic carbocycles. The van der Waals surface area contributed by atoms with Crippen LogP contribution < -0.4 is 10.3 Å². The number of thiophene rings is 1. The van der Waals surface area contributed by atoms with Crippen LogP contribution in [0.5, 0.6) is 5.75 Å². The number of benzene rings is 1. The van der Waals surface area contributed by atoms with Crippen LogP contribution in [0, 0.1) is 5.92 Å². The summed E-state index contributed by atoms with van der Waals surface area (Å²) in [7, 11) is 1.65. The molecule has 1 aliphatic rings. The molecule has 0 amide bonds. The number of nitrogens with zero attached hydrogens (tertiary/aromatic N) is 2. The third-order valence-corrected chi connectivity index (χ3v) is 8.39. The Morgan fingerprint density at radius 1 is 1.21 bits per heavy atom. The van der Waals surface area contributed by atoms with Gasteiger partial charge in [-0.3, -0.25) is 9.36 Å². The molecule has 1 aliphatic heterocycles. The van der Waals surface area contributed by atoms with E-state index < -0.39 is 0 Å². The van der Waals surface area contributed by atoms with Crippen molar-refractivity contribution in [1.29, 1.82) is 0 Å². The zero-order valence-electron chi connectivity index (χ0n) is 20.1. The van der Waals surface area contributed by atoms with Gasteiger partial charge in [0, 0.05) is 17.1 Å². The largest absolute Gasteiger partial charge is 0.497 e. The number of fused-ring (bicyclic) bond motifs is 3. The monoisotopic (exact) mass is 486 g/mol. The molecule has 7 heteroatoms. The van der Waals surface area contributed by atoms with Crippen molar-refractivity contribution in [1.82, 2.24) is 9.55 Å². The van der Waals surface area contributed by atoms with Gasteiger partial charge < -0.3 is 9.47 Å². The van der Waals surface area contributed by atoms with Gasteiger partial charge in [0.05, 0.1) is 30.9 Å². The summed E-state index contributed by atoms with van der Waals surface area (Å²) in [6.45, 7) is 7.15. The maximum atomic E-state index is 13.9. The summed E-state index contributed by atoms with van der Waals surface area (Å²) < 4.78 is 13.2. The van der Waals surface area contributed by atoms with E-state index in [1.807, 2.05) is 24.3 Å². The third kappa shape index (κ3) is 5.31. The summed E-state index contributed by atoms with van der Waals surface area (Å²) in [6.07, 6.45) is 7.06.